The lowest BCUT2D eigenvalue weighted by atomic mass is 9.91. The number of halogens is 1. The number of thiazole rings is 1. The number of methoxy groups -OCH3 is 1. The average Bonchev–Trinajstić information content (AvgIpc) is 3.35. The van der Waals surface area contributed by atoms with E-state index in [2.05, 4.69) is 9.97 Å². The van der Waals surface area contributed by atoms with Crippen LogP contribution in [0.2, 0.25) is 5.02 Å². The van der Waals surface area contributed by atoms with Gasteiger partial charge in [0.1, 0.15) is 10.8 Å². The molecular weight excluding hydrogens is 546 g/mol. The van der Waals surface area contributed by atoms with Gasteiger partial charge in [-0.1, -0.05) is 23.7 Å². The van der Waals surface area contributed by atoms with E-state index < -0.39 is 17.7 Å². The maximum absolute atomic E-state index is 12.6. The molecule has 0 aliphatic heterocycles. The van der Waals surface area contributed by atoms with Crippen molar-refractivity contribution in [3.05, 3.63) is 83.3 Å². The molecule has 40 heavy (non-hydrogen) atoms. The highest BCUT2D eigenvalue weighted by Gasteiger charge is 2.32. The third kappa shape index (κ3) is 5.70. The molecule has 3 aromatic heterocycles. The molecule has 3 heterocycles. The third-order valence-electron chi connectivity index (χ3n) is 6.27. The van der Waals surface area contributed by atoms with Crippen LogP contribution in [0.15, 0.2) is 67.1 Å². The predicted octanol–water partition coefficient (Wildman–Crippen LogP) is 8.00. The van der Waals surface area contributed by atoms with E-state index in [1.165, 1.54) is 11.3 Å². The fourth-order valence-electron chi connectivity index (χ4n) is 4.55. The van der Waals surface area contributed by atoms with E-state index in [1.807, 2.05) is 64.1 Å². The fraction of sp³-hybridized carbons (Fsp3) is 0.226. The fourth-order valence-corrected chi connectivity index (χ4v) is 5.80. The first-order valence-corrected chi connectivity index (χ1v) is 13.8. The van der Waals surface area contributed by atoms with Crippen molar-refractivity contribution >= 4 is 39.1 Å². The summed E-state index contributed by atoms with van der Waals surface area (Å²) in [6.45, 7) is 7.45. The number of pyridine rings is 2. The van der Waals surface area contributed by atoms with Gasteiger partial charge in [-0.05, 0) is 75.2 Å². The maximum Gasteiger partial charge on any atom is 0.337 e. The van der Waals surface area contributed by atoms with Crippen LogP contribution in [0.4, 0.5) is 0 Å². The minimum absolute atomic E-state index is 0.594. The zero-order chi connectivity index (χ0) is 28.6. The molecule has 0 spiro atoms. The van der Waals surface area contributed by atoms with E-state index >= 15 is 0 Å². The largest absolute Gasteiger partial charge is 0.495 e. The molecule has 0 unspecified atom stereocenters. The zero-order valence-electron chi connectivity index (χ0n) is 22.7. The minimum atomic E-state index is -1.17. The van der Waals surface area contributed by atoms with Gasteiger partial charge in [0, 0.05) is 39.7 Å². The molecule has 0 saturated heterocycles. The van der Waals surface area contributed by atoms with Gasteiger partial charge >= 0.3 is 5.97 Å². The lowest BCUT2D eigenvalue weighted by molar-refractivity contribution is -0.160. The van der Waals surface area contributed by atoms with Crippen molar-refractivity contribution in [1.29, 1.82) is 0 Å². The first-order chi connectivity index (χ1) is 19.0. The molecule has 9 heteroatoms. The van der Waals surface area contributed by atoms with Gasteiger partial charge in [0.25, 0.3) is 0 Å². The number of aliphatic carboxylic acids is 1. The minimum Gasteiger partial charge on any atom is -0.495 e. The van der Waals surface area contributed by atoms with Gasteiger partial charge in [0.15, 0.2) is 6.10 Å². The van der Waals surface area contributed by atoms with E-state index in [-0.39, 0.29) is 0 Å². The molecule has 7 nitrogen and oxygen atoms in total. The number of fused-ring (bicyclic) bond motifs is 1. The highest BCUT2D eigenvalue weighted by molar-refractivity contribution is 7.22. The van der Waals surface area contributed by atoms with Crippen molar-refractivity contribution in [2.24, 2.45) is 0 Å². The Labute approximate surface area is 241 Å². The van der Waals surface area contributed by atoms with Gasteiger partial charge in [0.2, 0.25) is 0 Å². The number of benzene rings is 2. The molecule has 0 bridgehead atoms. The number of nitrogens with zero attached hydrogens (tertiary/aromatic N) is 3. The molecule has 0 amide bonds. The van der Waals surface area contributed by atoms with Crippen molar-refractivity contribution in [1.82, 2.24) is 15.0 Å². The van der Waals surface area contributed by atoms with Gasteiger partial charge in [-0.25, -0.2) is 9.78 Å². The summed E-state index contributed by atoms with van der Waals surface area (Å²) in [5.41, 5.74) is 5.54. The van der Waals surface area contributed by atoms with Gasteiger partial charge in [-0.2, -0.15) is 0 Å². The number of carboxylic acid groups (broad SMARTS) is 1. The van der Waals surface area contributed by atoms with E-state index in [0.29, 0.717) is 16.3 Å². The normalized spacial score (nSPS) is 12.4. The summed E-state index contributed by atoms with van der Waals surface area (Å²) in [4.78, 5) is 26.3. The molecule has 0 fully saturated rings. The van der Waals surface area contributed by atoms with Gasteiger partial charge in [0.05, 0.1) is 34.8 Å². The first kappa shape index (κ1) is 27.7. The van der Waals surface area contributed by atoms with Crippen molar-refractivity contribution in [3.63, 3.8) is 0 Å². The molecule has 0 aliphatic carbocycles. The molecule has 1 atom stereocenters. The van der Waals surface area contributed by atoms with Crippen LogP contribution in [0.25, 0.3) is 43.2 Å². The van der Waals surface area contributed by atoms with Crippen LogP contribution in [0.3, 0.4) is 0 Å². The van der Waals surface area contributed by atoms with E-state index in [9.17, 15) is 9.90 Å². The van der Waals surface area contributed by atoms with Gasteiger partial charge < -0.3 is 14.6 Å². The van der Waals surface area contributed by atoms with E-state index in [4.69, 9.17) is 26.1 Å². The summed E-state index contributed by atoms with van der Waals surface area (Å²) in [5.74, 6) is -0.409. The Kier molecular flexibility index (Phi) is 7.59. The summed E-state index contributed by atoms with van der Waals surface area (Å²) >= 11 is 7.71. The Morgan fingerprint density at radius 1 is 1.02 bits per heavy atom. The molecule has 0 aliphatic rings. The Morgan fingerprint density at radius 2 is 1.77 bits per heavy atom. The Balaban J connectivity index is 1.72. The number of aryl methyl sites for hydroxylation is 1. The van der Waals surface area contributed by atoms with Gasteiger partial charge in [-0.15, -0.1) is 11.3 Å². The molecule has 0 saturated carbocycles. The smallest absolute Gasteiger partial charge is 0.337 e. The second-order valence-electron chi connectivity index (χ2n) is 10.3. The number of aromatic nitrogens is 3. The van der Waals surface area contributed by atoms with Crippen LogP contribution in [0, 0.1) is 6.92 Å². The van der Waals surface area contributed by atoms with Crippen LogP contribution < -0.4 is 4.74 Å². The van der Waals surface area contributed by atoms with Crippen molar-refractivity contribution in [2.75, 3.05) is 7.11 Å². The SMILES string of the molecule is COc1cncc(-c2cc(-c3nc4cc(C)c([C@H](OC(C)(C)C)C(=O)O)c(-c5ccc(Cl)cc5)c4s3)ccn2)c1. The van der Waals surface area contributed by atoms with Crippen molar-refractivity contribution < 1.29 is 19.4 Å². The zero-order valence-corrected chi connectivity index (χ0v) is 24.3. The lowest BCUT2D eigenvalue weighted by Crippen LogP contribution is -2.28. The maximum atomic E-state index is 12.6. The van der Waals surface area contributed by atoms with Crippen LogP contribution in [-0.2, 0) is 9.53 Å². The number of hydrogen-bond acceptors (Lipinski definition) is 7. The second kappa shape index (κ2) is 11.0. The molecule has 1 N–H and O–H groups in total. The van der Waals surface area contributed by atoms with Crippen LogP contribution in [0.5, 0.6) is 5.75 Å². The lowest BCUT2D eigenvalue weighted by Gasteiger charge is -2.28. The first-order valence-electron chi connectivity index (χ1n) is 12.6. The second-order valence-corrected chi connectivity index (χ2v) is 11.8. The third-order valence-corrected chi connectivity index (χ3v) is 7.66. The number of rotatable bonds is 7. The topological polar surface area (TPSA) is 94.4 Å². The summed E-state index contributed by atoms with van der Waals surface area (Å²) in [5, 5.41) is 11.7. The molecular formula is C31H28ClN3O4S. The number of carboxylic acids is 1. The average molecular weight is 574 g/mol. The van der Waals surface area contributed by atoms with Crippen molar-refractivity contribution in [3.8, 4) is 38.7 Å². The molecule has 5 rings (SSSR count). The van der Waals surface area contributed by atoms with Crippen molar-refractivity contribution in [2.45, 2.75) is 39.4 Å². The summed E-state index contributed by atoms with van der Waals surface area (Å²) < 4.78 is 12.3. The number of hydrogen-bond donors (Lipinski definition) is 1. The highest BCUT2D eigenvalue weighted by Crippen LogP contribution is 2.44. The standard InChI is InChI=1S/C31H28ClN3O4S/c1-17-12-24-28(26(18-6-8-21(32)9-7-18)25(17)27(30(36)37)39-31(2,3)4)40-29(35-24)19-10-11-34-23(14-19)20-13-22(38-5)16-33-15-20/h6-16,27H,1-5H3,(H,36,37)/t27-/m0/s1. The van der Waals surface area contributed by atoms with E-state index in [0.717, 1.165) is 48.7 Å². The Morgan fingerprint density at radius 3 is 2.45 bits per heavy atom. The van der Waals surface area contributed by atoms with E-state index in [1.54, 1.807) is 37.8 Å². The number of ether oxygens (including phenoxy) is 2. The quantitative estimate of drug-likeness (QED) is 0.211. The molecule has 2 aromatic carbocycles. The van der Waals surface area contributed by atoms with Crippen LogP contribution in [-0.4, -0.2) is 38.7 Å². The van der Waals surface area contributed by atoms with Crippen LogP contribution >= 0.6 is 22.9 Å². The van der Waals surface area contributed by atoms with Crippen LogP contribution in [0.1, 0.15) is 38.0 Å². The van der Waals surface area contributed by atoms with Gasteiger partial charge in [-0.3, -0.25) is 9.97 Å². The number of carbonyl (C=O) groups is 1. The Hall–Kier alpha value is -3.85. The molecule has 204 valence electrons. The summed E-state index contributed by atoms with van der Waals surface area (Å²) in [7, 11) is 1.60. The predicted molar refractivity (Wildman–Crippen MR) is 159 cm³/mol. The Bertz CT molecular complexity index is 1710. The molecule has 5 aromatic rings. The summed E-state index contributed by atoms with van der Waals surface area (Å²) in [6.07, 6.45) is 3.95. The monoisotopic (exact) mass is 573 g/mol. The summed E-state index contributed by atoms with van der Waals surface area (Å²) in [6, 6.07) is 15.1. The molecule has 0 radical (unpaired) electrons. The highest BCUT2D eigenvalue weighted by atomic mass is 35.5.